The van der Waals surface area contributed by atoms with Crippen molar-refractivity contribution in [3.63, 3.8) is 0 Å². The number of aliphatic hydroxyl groups is 1. The number of benzene rings is 2. The first-order chi connectivity index (χ1) is 11.1. The number of nitrogens with one attached hydrogen (secondary N) is 2. The molecule has 0 aliphatic heterocycles. The number of amides is 2. The largest absolute Gasteiger partial charge is 0.386 e. The maximum Gasteiger partial charge on any atom is 0.314 e. The quantitative estimate of drug-likeness (QED) is 0.767. The predicted molar refractivity (Wildman–Crippen MR) is 87.6 cm³/mol. The average molecular weight is 316 g/mol. The van der Waals surface area contributed by atoms with E-state index >= 15 is 0 Å². The number of aliphatic hydroxyl groups excluding tert-OH is 1. The van der Waals surface area contributed by atoms with Gasteiger partial charge in [0.25, 0.3) is 0 Å². The molecule has 0 aliphatic rings. The first-order valence-electron chi connectivity index (χ1n) is 7.56. The Hall–Kier alpha value is -2.40. The molecular formula is C18H21FN2O2. The molecule has 5 heteroatoms. The molecule has 2 rings (SSSR count). The highest BCUT2D eigenvalue weighted by Gasteiger charge is 2.12. The van der Waals surface area contributed by atoms with Crippen LogP contribution in [0.3, 0.4) is 0 Å². The van der Waals surface area contributed by atoms with Crippen molar-refractivity contribution in [3.05, 3.63) is 71.0 Å². The lowest BCUT2D eigenvalue weighted by Crippen LogP contribution is -2.38. The number of urea groups is 1. The van der Waals surface area contributed by atoms with Crippen LogP contribution in [0.2, 0.25) is 0 Å². The number of hydrogen-bond acceptors (Lipinski definition) is 2. The molecule has 1 atom stereocenters. The fourth-order valence-electron chi connectivity index (χ4n) is 2.30. The van der Waals surface area contributed by atoms with Crippen LogP contribution >= 0.6 is 0 Å². The molecule has 2 aromatic rings. The van der Waals surface area contributed by atoms with Crippen LogP contribution in [0.5, 0.6) is 0 Å². The second-order valence-corrected chi connectivity index (χ2v) is 5.41. The zero-order valence-corrected chi connectivity index (χ0v) is 13.1. The molecule has 2 amide bonds. The van der Waals surface area contributed by atoms with Crippen LogP contribution in [0.4, 0.5) is 9.18 Å². The van der Waals surface area contributed by atoms with E-state index < -0.39 is 11.9 Å². The SMILES string of the molecule is Cc1cccc(CCNC(=O)NCC(O)c2ccccc2F)c1. The van der Waals surface area contributed by atoms with Gasteiger partial charge in [0.2, 0.25) is 0 Å². The molecule has 0 bridgehead atoms. The van der Waals surface area contributed by atoms with Crippen LogP contribution in [0, 0.1) is 12.7 Å². The summed E-state index contributed by atoms with van der Waals surface area (Å²) in [7, 11) is 0. The van der Waals surface area contributed by atoms with Crippen molar-refractivity contribution in [1.82, 2.24) is 10.6 Å². The summed E-state index contributed by atoms with van der Waals surface area (Å²) in [5.41, 5.74) is 2.50. The number of halogens is 1. The minimum atomic E-state index is -1.07. The Labute approximate surface area is 135 Å². The molecule has 0 aromatic heterocycles. The van der Waals surface area contributed by atoms with Crippen LogP contribution in [0.15, 0.2) is 48.5 Å². The summed E-state index contributed by atoms with van der Waals surface area (Å²) in [4.78, 5) is 11.7. The topological polar surface area (TPSA) is 61.4 Å². The third-order valence-electron chi connectivity index (χ3n) is 3.50. The molecule has 0 fully saturated rings. The summed E-state index contributed by atoms with van der Waals surface area (Å²) in [5, 5.41) is 15.2. The fourth-order valence-corrected chi connectivity index (χ4v) is 2.30. The Kier molecular flexibility index (Phi) is 6.11. The summed E-state index contributed by atoms with van der Waals surface area (Å²) >= 11 is 0. The van der Waals surface area contributed by atoms with Gasteiger partial charge in [0, 0.05) is 18.7 Å². The second kappa shape index (κ2) is 8.29. The van der Waals surface area contributed by atoms with Crippen LogP contribution in [0.1, 0.15) is 22.8 Å². The van der Waals surface area contributed by atoms with E-state index in [0.717, 1.165) is 12.0 Å². The van der Waals surface area contributed by atoms with Crippen molar-refractivity contribution in [1.29, 1.82) is 0 Å². The third-order valence-corrected chi connectivity index (χ3v) is 3.50. The van der Waals surface area contributed by atoms with Crippen molar-refractivity contribution in [2.75, 3.05) is 13.1 Å². The Bertz CT molecular complexity index is 661. The van der Waals surface area contributed by atoms with Gasteiger partial charge in [-0.15, -0.1) is 0 Å². The standard InChI is InChI=1S/C18H21FN2O2/c1-13-5-4-6-14(11-13)9-10-20-18(23)21-12-17(22)15-7-2-3-8-16(15)19/h2-8,11,17,22H,9-10,12H2,1H3,(H2,20,21,23). The Balaban J connectivity index is 1.72. The van der Waals surface area contributed by atoms with Crippen molar-refractivity contribution in [2.45, 2.75) is 19.4 Å². The van der Waals surface area contributed by atoms with E-state index in [1.54, 1.807) is 12.1 Å². The zero-order valence-electron chi connectivity index (χ0n) is 13.1. The first-order valence-corrected chi connectivity index (χ1v) is 7.56. The maximum atomic E-state index is 13.5. The van der Waals surface area contributed by atoms with Crippen molar-refractivity contribution in [2.24, 2.45) is 0 Å². The lowest BCUT2D eigenvalue weighted by molar-refractivity contribution is 0.169. The highest BCUT2D eigenvalue weighted by molar-refractivity contribution is 5.73. The second-order valence-electron chi connectivity index (χ2n) is 5.41. The van der Waals surface area contributed by atoms with Gasteiger partial charge < -0.3 is 15.7 Å². The monoisotopic (exact) mass is 316 g/mol. The lowest BCUT2D eigenvalue weighted by atomic mass is 10.1. The summed E-state index contributed by atoms with van der Waals surface area (Å²) in [5.74, 6) is -0.485. The average Bonchev–Trinajstić information content (AvgIpc) is 2.53. The van der Waals surface area contributed by atoms with Gasteiger partial charge in [-0.05, 0) is 25.0 Å². The molecule has 0 saturated carbocycles. The Morgan fingerprint density at radius 2 is 1.96 bits per heavy atom. The zero-order chi connectivity index (χ0) is 16.7. The van der Waals surface area contributed by atoms with Gasteiger partial charge in [0.1, 0.15) is 5.82 Å². The summed E-state index contributed by atoms with van der Waals surface area (Å²) < 4.78 is 13.5. The minimum Gasteiger partial charge on any atom is -0.386 e. The van der Waals surface area contributed by atoms with Gasteiger partial charge in [-0.1, -0.05) is 48.0 Å². The summed E-state index contributed by atoms with van der Waals surface area (Å²) in [6.45, 7) is 2.47. The van der Waals surface area contributed by atoms with Gasteiger partial charge in [-0.25, -0.2) is 9.18 Å². The number of carbonyl (C=O) groups excluding carboxylic acids is 1. The van der Waals surface area contributed by atoms with Crippen LogP contribution in [0.25, 0.3) is 0 Å². The van der Waals surface area contributed by atoms with Gasteiger partial charge in [0.15, 0.2) is 0 Å². The molecule has 2 aromatic carbocycles. The number of rotatable bonds is 6. The van der Waals surface area contributed by atoms with E-state index in [0.29, 0.717) is 6.54 Å². The van der Waals surface area contributed by atoms with E-state index in [9.17, 15) is 14.3 Å². The Morgan fingerprint density at radius 3 is 2.70 bits per heavy atom. The van der Waals surface area contributed by atoms with Crippen molar-refractivity contribution in [3.8, 4) is 0 Å². The Morgan fingerprint density at radius 1 is 1.17 bits per heavy atom. The van der Waals surface area contributed by atoms with Gasteiger partial charge in [0.05, 0.1) is 6.10 Å². The number of carbonyl (C=O) groups is 1. The third kappa shape index (κ3) is 5.38. The normalized spacial score (nSPS) is 11.8. The molecule has 4 nitrogen and oxygen atoms in total. The van der Waals surface area contributed by atoms with Crippen LogP contribution in [-0.2, 0) is 6.42 Å². The number of hydrogen-bond donors (Lipinski definition) is 3. The molecule has 0 saturated heterocycles. The molecule has 0 spiro atoms. The van der Waals surface area contributed by atoms with E-state index in [4.69, 9.17) is 0 Å². The smallest absolute Gasteiger partial charge is 0.314 e. The molecule has 0 aliphatic carbocycles. The van der Waals surface area contributed by atoms with E-state index in [1.807, 2.05) is 25.1 Å². The summed E-state index contributed by atoms with van der Waals surface area (Å²) in [6, 6.07) is 13.7. The number of aryl methyl sites for hydroxylation is 1. The molecule has 0 radical (unpaired) electrons. The molecular weight excluding hydrogens is 295 g/mol. The van der Waals surface area contributed by atoms with Gasteiger partial charge in [-0.3, -0.25) is 0 Å². The molecule has 122 valence electrons. The highest BCUT2D eigenvalue weighted by atomic mass is 19.1. The molecule has 1 unspecified atom stereocenters. The maximum absolute atomic E-state index is 13.5. The fraction of sp³-hybridized carbons (Fsp3) is 0.278. The van der Waals surface area contributed by atoms with Crippen LogP contribution in [-0.4, -0.2) is 24.2 Å². The molecule has 23 heavy (non-hydrogen) atoms. The van der Waals surface area contributed by atoms with Gasteiger partial charge in [-0.2, -0.15) is 0 Å². The summed E-state index contributed by atoms with van der Waals surface area (Å²) in [6.07, 6.45) is -0.343. The lowest BCUT2D eigenvalue weighted by Gasteiger charge is -2.13. The van der Waals surface area contributed by atoms with E-state index in [-0.39, 0.29) is 18.1 Å². The van der Waals surface area contributed by atoms with Crippen molar-refractivity contribution < 1.29 is 14.3 Å². The molecule has 0 heterocycles. The molecule has 3 N–H and O–H groups in total. The van der Waals surface area contributed by atoms with Crippen LogP contribution < -0.4 is 10.6 Å². The minimum absolute atomic E-state index is 0.0444. The van der Waals surface area contributed by atoms with Gasteiger partial charge >= 0.3 is 6.03 Å². The van der Waals surface area contributed by atoms with E-state index in [2.05, 4.69) is 16.7 Å². The first kappa shape index (κ1) is 17.0. The van der Waals surface area contributed by atoms with Crippen molar-refractivity contribution >= 4 is 6.03 Å². The van der Waals surface area contributed by atoms with E-state index in [1.165, 1.54) is 17.7 Å². The highest BCUT2D eigenvalue weighted by Crippen LogP contribution is 2.15. The predicted octanol–water partition coefficient (Wildman–Crippen LogP) is 2.71.